The van der Waals surface area contributed by atoms with Gasteiger partial charge in [0.25, 0.3) is 0 Å². The number of rotatable bonds is 6. The average Bonchev–Trinajstić information content (AvgIpc) is 3.16. The lowest BCUT2D eigenvalue weighted by atomic mass is 10.2. The number of nitrogens with zero attached hydrogens (tertiary/aromatic N) is 2. The largest absolute Gasteiger partial charge is 0.457 e. The molecule has 0 fully saturated rings. The lowest BCUT2D eigenvalue weighted by Crippen LogP contribution is -2.15. The Morgan fingerprint density at radius 3 is 2.88 bits per heavy atom. The maximum Gasteiger partial charge on any atom is 0.316 e. The molecule has 0 aromatic carbocycles. The normalized spacial score (nSPS) is 10.9. The fourth-order valence-electron chi connectivity index (χ4n) is 2.18. The fourth-order valence-corrected chi connectivity index (χ4v) is 4.70. The second-order valence-electron chi connectivity index (χ2n) is 5.02. The molecule has 3 aromatic rings. The number of ketones is 1. The molecule has 0 aliphatic carbocycles. The van der Waals surface area contributed by atoms with Crippen molar-refractivity contribution in [3.8, 4) is 0 Å². The molecule has 124 valence electrons. The first kappa shape index (κ1) is 17.1. The Hall–Kier alpha value is -1.77. The standard InChI is InChI=1S/C16H14N2O3S3/c1-9-5-12(10(2)24-9)13(19)6-21-14(20)7-23-16-11-3-4-22-15(11)17-8-18-16/h3-5,8H,6-7H2,1-2H3. The number of carbonyl (C=O) groups excluding carboxylic acids is 2. The van der Waals surface area contributed by atoms with Crippen LogP contribution in [0.2, 0.25) is 0 Å². The van der Waals surface area contributed by atoms with Gasteiger partial charge in [-0.3, -0.25) is 9.59 Å². The van der Waals surface area contributed by atoms with Gasteiger partial charge in [-0.25, -0.2) is 9.97 Å². The summed E-state index contributed by atoms with van der Waals surface area (Å²) in [6.45, 7) is 3.61. The van der Waals surface area contributed by atoms with Crippen LogP contribution in [0.5, 0.6) is 0 Å². The quantitative estimate of drug-likeness (QED) is 0.281. The van der Waals surface area contributed by atoms with Gasteiger partial charge in [0.05, 0.1) is 5.75 Å². The SMILES string of the molecule is Cc1cc(C(=O)COC(=O)CSc2ncnc3sccc23)c(C)s1. The summed E-state index contributed by atoms with van der Waals surface area (Å²) >= 11 is 4.38. The van der Waals surface area contributed by atoms with Crippen LogP contribution >= 0.6 is 34.4 Å². The molecule has 0 aliphatic heterocycles. The predicted octanol–water partition coefficient (Wildman–Crippen LogP) is 3.89. The van der Waals surface area contributed by atoms with E-state index in [9.17, 15) is 9.59 Å². The van der Waals surface area contributed by atoms with Crippen LogP contribution in [0, 0.1) is 13.8 Å². The van der Waals surface area contributed by atoms with Crippen molar-refractivity contribution >= 4 is 56.4 Å². The first-order valence-electron chi connectivity index (χ1n) is 7.11. The lowest BCUT2D eigenvalue weighted by molar-refractivity contribution is -0.139. The summed E-state index contributed by atoms with van der Waals surface area (Å²) in [5.41, 5.74) is 0.633. The van der Waals surface area contributed by atoms with Crippen molar-refractivity contribution in [3.05, 3.63) is 39.2 Å². The number of ether oxygens (including phenoxy) is 1. The van der Waals surface area contributed by atoms with E-state index >= 15 is 0 Å². The Bertz CT molecular complexity index is 901. The first-order chi connectivity index (χ1) is 11.5. The molecule has 0 N–H and O–H groups in total. The molecule has 0 unspecified atom stereocenters. The average molecular weight is 379 g/mol. The van der Waals surface area contributed by atoms with Crippen molar-refractivity contribution in [2.24, 2.45) is 0 Å². The van der Waals surface area contributed by atoms with E-state index in [0.29, 0.717) is 5.56 Å². The van der Waals surface area contributed by atoms with Gasteiger partial charge in [0.1, 0.15) is 16.2 Å². The van der Waals surface area contributed by atoms with Crippen LogP contribution in [0.3, 0.4) is 0 Å². The molecule has 0 saturated heterocycles. The molecule has 24 heavy (non-hydrogen) atoms. The van der Waals surface area contributed by atoms with Crippen molar-refractivity contribution in [2.75, 3.05) is 12.4 Å². The second-order valence-corrected chi connectivity index (χ2v) is 8.34. The van der Waals surface area contributed by atoms with Crippen LogP contribution in [0.4, 0.5) is 0 Å². The minimum atomic E-state index is -0.431. The van der Waals surface area contributed by atoms with E-state index in [1.54, 1.807) is 11.3 Å². The summed E-state index contributed by atoms with van der Waals surface area (Å²) in [6, 6.07) is 3.76. The molecule has 0 amide bonds. The fraction of sp³-hybridized carbons (Fsp3) is 0.250. The van der Waals surface area contributed by atoms with Crippen molar-refractivity contribution in [3.63, 3.8) is 0 Å². The molecule has 0 radical (unpaired) electrons. The number of Topliss-reactive ketones (excluding diaryl/α,β-unsaturated/α-hetero) is 1. The Balaban J connectivity index is 1.54. The van der Waals surface area contributed by atoms with Crippen molar-refractivity contribution < 1.29 is 14.3 Å². The van der Waals surface area contributed by atoms with E-state index in [-0.39, 0.29) is 18.1 Å². The van der Waals surface area contributed by atoms with E-state index in [1.165, 1.54) is 29.4 Å². The highest BCUT2D eigenvalue weighted by atomic mass is 32.2. The van der Waals surface area contributed by atoms with Crippen LogP contribution in [-0.4, -0.2) is 34.1 Å². The van der Waals surface area contributed by atoms with E-state index in [0.717, 1.165) is 25.0 Å². The summed E-state index contributed by atoms with van der Waals surface area (Å²) in [5, 5.41) is 3.61. The number of thioether (sulfide) groups is 1. The third-order valence-electron chi connectivity index (χ3n) is 3.26. The summed E-state index contributed by atoms with van der Waals surface area (Å²) in [6.07, 6.45) is 1.48. The number of aromatic nitrogens is 2. The molecule has 0 spiro atoms. The molecule has 3 heterocycles. The van der Waals surface area contributed by atoms with Gasteiger partial charge in [0, 0.05) is 20.7 Å². The van der Waals surface area contributed by atoms with Crippen LogP contribution in [-0.2, 0) is 9.53 Å². The van der Waals surface area contributed by atoms with E-state index in [2.05, 4.69) is 9.97 Å². The molecule has 0 aliphatic rings. The van der Waals surface area contributed by atoms with Crippen LogP contribution in [0.25, 0.3) is 10.2 Å². The van der Waals surface area contributed by atoms with Crippen molar-refractivity contribution in [1.82, 2.24) is 9.97 Å². The zero-order valence-electron chi connectivity index (χ0n) is 13.1. The van der Waals surface area contributed by atoms with Gasteiger partial charge < -0.3 is 4.74 Å². The Morgan fingerprint density at radius 1 is 1.29 bits per heavy atom. The molecule has 3 aromatic heterocycles. The Kier molecular flexibility index (Phi) is 5.27. The summed E-state index contributed by atoms with van der Waals surface area (Å²) < 4.78 is 5.09. The lowest BCUT2D eigenvalue weighted by Gasteiger charge is -2.04. The molecular formula is C16H14N2O3S3. The van der Waals surface area contributed by atoms with E-state index in [4.69, 9.17) is 4.74 Å². The zero-order valence-corrected chi connectivity index (χ0v) is 15.5. The Morgan fingerprint density at radius 2 is 2.12 bits per heavy atom. The molecule has 3 rings (SSSR count). The van der Waals surface area contributed by atoms with Gasteiger partial charge in [0.2, 0.25) is 5.78 Å². The zero-order chi connectivity index (χ0) is 17.1. The number of hydrogen-bond donors (Lipinski definition) is 0. The van der Waals surface area contributed by atoms with E-state index < -0.39 is 5.97 Å². The van der Waals surface area contributed by atoms with Gasteiger partial charge >= 0.3 is 5.97 Å². The summed E-state index contributed by atoms with van der Waals surface area (Å²) in [5.74, 6) is -0.492. The monoisotopic (exact) mass is 378 g/mol. The number of hydrogen-bond acceptors (Lipinski definition) is 8. The van der Waals surface area contributed by atoms with Gasteiger partial charge in [-0.2, -0.15) is 0 Å². The number of esters is 1. The third-order valence-corrected chi connectivity index (χ3v) is 6.02. The number of thiophene rings is 2. The second kappa shape index (κ2) is 7.42. The number of fused-ring (bicyclic) bond motifs is 1. The first-order valence-corrected chi connectivity index (χ1v) is 9.79. The van der Waals surface area contributed by atoms with Gasteiger partial charge in [-0.1, -0.05) is 11.8 Å². The summed E-state index contributed by atoms with van der Waals surface area (Å²) in [7, 11) is 0. The maximum atomic E-state index is 12.1. The van der Waals surface area contributed by atoms with Gasteiger partial charge in [0.15, 0.2) is 6.61 Å². The molecule has 0 atom stereocenters. The van der Waals surface area contributed by atoms with Crippen LogP contribution in [0.1, 0.15) is 20.1 Å². The molecule has 0 bridgehead atoms. The van der Waals surface area contributed by atoms with Crippen molar-refractivity contribution in [2.45, 2.75) is 18.9 Å². The van der Waals surface area contributed by atoms with Crippen LogP contribution in [0.15, 0.2) is 28.9 Å². The number of carbonyl (C=O) groups is 2. The Labute approximate surface area is 151 Å². The predicted molar refractivity (Wildman–Crippen MR) is 97.2 cm³/mol. The van der Waals surface area contributed by atoms with Crippen LogP contribution < -0.4 is 0 Å². The summed E-state index contributed by atoms with van der Waals surface area (Å²) in [4.78, 5) is 35.3. The number of aryl methyl sites for hydroxylation is 2. The highest BCUT2D eigenvalue weighted by Crippen LogP contribution is 2.27. The van der Waals surface area contributed by atoms with E-state index in [1.807, 2.05) is 31.4 Å². The molecule has 5 nitrogen and oxygen atoms in total. The molecule has 8 heteroatoms. The van der Waals surface area contributed by atoms with Gasteiger partial charge in [-0.15, -0.1) is 22.7 Å². The molecule has 0 saturated carbocycles. The smallest absolute Gasteiger partial charge is 0.316 e. The highest BCUT2D eigenvalue weighted by molar-refractivity contribution is 8.00. The minimum Gasteiger partial charge on any atom is -0.457 e. The van der Waals surface area contributed by atoms with Crippen molar-refractivity contribution in [1.29, 1.82) is 0 Å². The maximum absolute atomic E-state index is 12.1. The van der Waals surface area contributed by atoms with Gasteiger partial charge in [-0.05, 0) is 31.4 Å². The minimum absolute atomic E-state index is 0.108. The topological polar surface area (TPSA) is 69.2 Å². The third kappa shape index (κ3) is 3.82. The molecular weight excluding hydrogens is 364 g/mol. The highest BCUT2D eigenvalue weighted by Gasteiger charge is 2.15.